The lowest BCUT2D eigenvalue weighted by atomic mass is 9.96. The summed E-state index contributed by atoms with van der Waals surface area (Å²) in [6.45, 7) is 3.70. The summed E-state index contributed by atoms with van der Waals surface area (Å²) in [6.07, 6.45) is 3.37. The van der Waals surface area contributed by atoms with E-state index in [-0.39, 0.29) is 22.0 Å². The molecule has 0 aliphatic carbocycles. The summed E-state index contributed by atoms with van der Waals surface area (Å²) in [5.74, 6) is -1.98. The van der Waals surface area contributed by atoms with Crippen LogP contribution in [-0.2, 0) is 9.59 Å². The number of thiazole rings is 1. The van der Waals surface area contributed by atoms with Crippen molar-refractivity contribution >= 4 is 62.8 Å². The number of carbonyl (C=O) groups excluding carboxylic acids is 2. The smallest absolute Gasteiger partial charge is 0.301 e. The fourth-order valence-electron chi connectivity index (χ4n) is 4.04. The molecule has 1 amide bonds. The van der Waals surface area contributed by atoms with E-state index in [1.807, 2.05) is 29.7 Å². The van der Waals surface area contributed by atoms with Crippen molar-refractivity contribution in [1.29, 1.82) is 0 Å². The zero-order chi connectivity index (χ0) is 23.4. The largest absolute Gasteiger partial charge is 0.505 e. The molecule has 3 aromatic heterocycles. The summed E-state index contributed by atoms with van der Waals surface area (Å²) < 4.78 is 1.83. The second-order valence-corrected chi connectivity index (χ2v) is 9.28. The van der Waals surface area contributed by atoms with Crippen LogP contribution in [0.5, 0.6) is 0 Å². The molecule has 1 aromatic carbocycles. The van der Waals surface area contributed by atoms with Gasteiger partial charge < -0.3 is 9.51 Å². The van der Waals surface area contributed by atoms with E-state index in [0.717, 1.165) is 5.56 Å². The van der Waals surface area contributed by atoms with Crippen molar-refractivity contribution < 1.29 is 14.7 Å². The van der Waals surface area contributed by atoms with Gasteiger partial charge in [-0.05, 0) is 43.2 Å². The molecule has 4 heterocycles. The number of halogens is 2. The van der Waals surface area contributed by atoms with E-state index < -0.39 is 17.7 Å². The number of ketones is 1. The van der Waals surface area contributed by atoms with Crippen LogP contribution in [0.2, 0.25) is 10.0 Å². The van der Waals surface area contributed by atoms with Crippen molar-refractivity contribution in [3.8, 4) is 0 Å². The third-order valence-electron chi connectivity index (χ3n) is 5.64. The van der Waals surface area contributed by atoms with Gasteiger partial charge in [-0.2, -0.15) is 0 Å². The lowest BCUT2D eigenvalue weighted by molar-refractivity contribution is -0.132. The van der Waals surface area contributed by atoms with Gasteiger partial charge in [0.15, 0.2) is 10.9 Å². The van der Waals surface area contributed by atoms with E-state index >= 15 is 0 Å². The highest BCUT2D eigenvalue weighted by atomic mass is 35.5. The Bertz CT molecular complexity index is 1480. The molecule has 0 radical (unpaired) electrons. The molecule has 166 valence electrons. The number of hydrogen-bond acceptors (Lipinski definition) is 6. The van der Waals surface area contributed by atoms with Crippen LogP contribution in [0.1, 0.15) is 28.6 Å². The van der Waals surface area contributed by atoms with Gasteiger partial charge in [-0.1, -0.05) is 35.3 Å². The number of Topliss-reactive ketones (excluding diaryl/α,β-unsaturated/α-hetero) is 1. The Morgan fingerprint density at radius 3 is 2.61 bits per heavy atom. The first-order valence-corrected chi connectivity index (χ1v) is 11.5. The first-order valence-electron chi connectivity index (χ1n) is 9.89. The van der Waals surface area contributed by atoms with Crippen LogP contribution in [0, 0.1) is 13.8 Å². The number of fused-ring (bicyclic) bond motifs is 1. The van der Waals surface area contributed by atoms with Crippen molar-refractivity contribution in [3.05, 3.63) is 86.2 Å². The highest BCUT2D eigenvalue weighted by Crippen LogP contribution is 2.44. The highest BCUT2D eigenvalue weighted by Gasteiger charge is 2.48. The zero-order valence-corrected chi connectivity index (χ0v) is 19.7. The quantitative estimate of drug-likeness (QED) is 0.234. The predicted molar refractivity (Wildman–Crippen MR) is 128 cm³/mol. The number of amides is 1. The minimum atomic E-state index is -0.948. The van der Waals surface area contributed by atoms with Gasteiger partial charge in [-0.3, -0.25) is 14.5 Å². The number of imidazole rings is 1. The molecule has 1 unspecified atom stereocenters. The molecule has 0 saturated carbocycles. The summed E-state index contributed by atoms with van der Waals surface area (Å²) in [5, 5.41) is 14.0. The number of aliphatic hydroxyl groups excluding tert-OH is 1. The van der Waals surface area contributed by atoms with Crippen LogP contribution in [0.15, 0.2) is 53.7 Å². The topological polar surface area (TPSA) is 87.8 Å². The van der Waals surface area contributed by atoms with Crippen LogP contribution in [0.4, 0.5) is 5.13 Å². The molecule has 0 spiro atoms. The SMILES string of the molecule is Cc1cccn2c(C)c(/C(O)=C3\C(=O)C(=O)N(c4nccs4)C3c3ccc(Cl)c(Cl)c3)nc12. The van der Waals surface area contributed by atoms with E-state index in [1.54, 1.807) is 36.7 Å². The number of nitrogens with zero attached hydrogens (tertiary/aromatic N) is 4. The molecule has 1 aliphatic heterocycles. The van der Waals surface area contributed by atoms with Gasteiger partial charge in [0, 0.05) is 17.8 Å². The maximum absolute atomic E-state index is 13.2. The van der Waals surface area contributed by atoms with Crippen molar-refractivity contribution in [2.24, 2.45) is 0 Å². The number of rotatable bonds is 3. The van der Waals surface area contributed by atoms with Crippen LogP contribution in [0.3, 0.4) is 0 Å². The number of aromatic nitrogens is 3. The summed E-state index contributed by atoms with van der Waals surface area (Å²) in [5.41, 5.74) is 2.85. The van der Waals surface area contributed by atoms with Gasteiger partial charge in [0.05, 0.1) is 27.4 Å². The number of pyridine rings is 1. The maximum atomic E-state index is 13.2. The molecule has 4 aromatic rings. The Morgan fingerprint density at radius 1 is 1.15 bits per heavy atom. The highest BCUT2D eigenvalue weighted by molar-refractivity contribution is 7.14. The Hall–Kier alpha value is -3.20. The summed E-state index contributed by atoms with van der Waals surface area (Å²) >= 11 is 13.6. The second kappa shape index (κ2) is 7.98. The average molecular weight is 499 g/mol. The van der Waals surface area contributed by atoms with Crippen LogP contribution >= 0.6 is 34.5 Å². The Kier molecular flexibility index (Phi) is 5.23. The summed E-state index contributed by atoms with van der Waals surface area (Å²) in [6, 6.07) is 7.66. The summed E-state index contributed by atoms with van der Waals surface area (Å²) in [4.78, 5) is 36.4. The van der Waals surface area contributed by atoms with Gasteiger partial charge >= 0.3 is 5.91 Å². The van der Waals surface area contributed by atoms with Crippen molar-refractivity contribution in [1.82, 2.24) is 14.4 Å². The molecule has 7 nitrogen and oxygen atoms in total. The molecule has 5 rings (SSSR count). The number of anilines is 1. The van der Waals surface area contributed by atoms with E-state index in [1.165, 1.54) is 16.2 Å². The first-order chi connectivity index (χ1) is 15.8. The third kappa shape index (κ3) is 3.33. The second-order valence-electron chi connectivity index (χ2n) is 7.59. The fourth-order valence-corrected chi connectivity index (χ4v) is 5.01. The van der Waals surface area contributed by atoms with Crippen LogP contribution < -0.4 is 4.90 Å². The van der Waals surface area contributed by atoms with E-state index in [4.69, 9.17) is 23.2 Å². The number of carbonyl (C=O) groups is 2. The van der Waals surface area contributed by atoms with Crippen molar-refractivity contribution in [2.75, 3.05) is 4.90 Å². The Morgan fingerprint density at radius 2 is 1.94 bits per heavy atom. The Balaban J connectivity index is 1.78. The third-order valence-corrected chi connectivity index (χ3v) is 7.15. The van der Waals surface area contributed by atoms with Crippen LogP contribution in [0.25, 0.3) is 11.4 Å². The predicted octanol–water partition coefficient (Wildman–Crippen LogP) is 5.34. The number of hydrogen-bond donors (Lipinski definition) is 1. The van der Waals surface area contributed by atoms with E-state index in [0.29, 0.717) is 27.1 Å². The average Bonchev–Trinajstić information content (AvgIpc) is 3.49. The first kappa shape index (κ1) is 21.6. The molecule has 1 N–H and O–H groups in total. The van der Waals surface area contributed by atoms with Crippen molar-refractivity contribution in [2.45, 2.75) is 19.9 Å². The molecule has 1 saturated heterocycles. The van der Waals surface area contributed by atoms with Gasteiger partial charge in [0.25, 0.3) is 5.78 Å². The van der Waals surface area contributed by atoms with Crippen LogP contribution in [-0.4, -0.2) is 31.2 Å². The molecule has 1 atom stereocenters. The molecule has 1 fully saturated rings. The molecule has 10 heteroatoms. The number of aliphatic hydroxyl groups is 1. The molecular formula is C23H16Cl2N4O3S. The standard InChI is InChI=1S/C23H16Cl2N4O3S/c1-11-4-3-8-28-12(2)17(27-21(11)28)19(30)16-18(13-5-6-14(24)15(25)10-13)29(22(32)20(16)31)23-26-7-9-33-23/h3-10,18,30H,1-2H3/b19-16+. The zero-order valence-electron chi connectivity index (χ0n) is 17.4. The van der Waals surface area contributed by atoms with E-state index in [9.17, 15) is 14.7 Å². The van der Waals surface area contributed by atoms with Gasteiger partial charge in [-0.15, -0.1) is 11.3 Å². The minimum absolute atomic E-state index is 0.0854. The molecule has 0 bridgehead atoms. The summed E-state index contributed by atoms with van der Waals surface area (Å²) in [7, 11) is 0. The fraction of sp³-hybridized carbons (Fsp3) is 0.130. The monoisotopic (exact) mass is 498 g/mol. The molecular weight excluding hydrogens is 483 g/mol. The van der Waals surface area contributed by atoms with E-state index in [2.05, 4.69) is 9.97 Å². The lowest BCUT2D eigenvalue weighted by Crippen LogP contribution is -2.29. The molecule has 1 aliphatic rings. The number of benzene rings is 1. The van der Waals surface area contributed by atoms with Gasteiger partial charge in [0.1, 0.15) is 11.3 Å². The Labute approximate surface area is 202 Å². The number of aryl methyl sites for hydroxylation is 2. The maximum Gasteiger partial charge on any atom is 0.301 e. The van der Waals surface area contributed by atoms with Crippen molar-refractivity contribution in [3.63, 3.8) is 0 Å². The van der Waals surface area contributed by atoms with Gasteiger partial charge in [-0.25, -0.2) is 9.97 Å². The van der Waals surface area contributed by atoms with Gasteiger partial charge in [0.2, 0.25) is 0 Å². The normalized spacial score (nSPS) is 17.9. The molecule has 33 heavy (non-hydrogen) atoms. The minimum Gasteiger partial charge on any atom is -0.505 e. The lowest BCUT2D eigenvalue weighted by Gasteiger charge is -2.23.